The first-order valence-corrected chi connectivity index (χ1v) is 11.8. The number of fused-ring (bicyclic) bond motifs is 3. The second-order valence-electron chi connectivity index (χ2n) is 8.64. The van der Waals surface area contributed by atoms with E-state index in [1.807, 2.05) is 0 Å². The summed E-state index contributed by atoms with van der Waals surface area (Å²) in [5.74, 6) is -5.15. The van der Waals surface area contributed by atoms with E-state index >= 15 is 0 Å². The molecule has 3 atom stereocenters. The van der Waals surface area contributed by atoms with E-state index in [1.165, 1.54) is 30.3 Å². The molecule has 0 aromatic heterocycles. The predicted molar refractivity (Wildman–Crippen MR) is 129 cm³/mol. The minimum absolute atomic E-state index is 0.0870. The Morgan fingerprint density at radius 2 is 1.34 bits per heavy atom. The molecule has 35 heavy (non-hydrogen) atoms. The number of amides is 2. The highest BCUT2D eigenvalue weighted by atomic mass is 35.5. The largest absolute Gasteiger partial charge is 0.349 e. The van der Waals surface area contributed by atoms with E-state index in [9.17, 15) is 19.2 Å². The van der Waals surface area contributed by atoms with Crippen LogP contribution in [0, 0.1) is 11.8 Å². The number of ketones is 2. The smallest absolute Gasteiger partial charge is 0.241 e. The van der Waals surface area contributed by atoms with Crippen molar-refractivity contribution >= 4 is 63.9 Å². The third-order valence-electron chi connectivity index (χ3n) is 6.87. The van der Waals surface area contributed by atoms with Crippen molar-refractivity contribution in [1.29, 1.82) is 0 Å². The topological polar surface area (TPSA) is 80.8 Å². The van der Waals surface area contributed by atoms with Crippen LogP contribution in [0.25, 0.3) is 0 Å². The van der Waals surface area contributed by atoms with E-state index in [2.05, 4.69) is 0 Å². The number of benzene rings is 3. The second-order valence-corrected chi connectivity index (χ2v) is 9.92. The van der Waals surface area contributed by atoms with Gasteiger partial charge in [-0.2, -0.15) is 0 Å². The van der Waals surface area contributed by atoms with Gasteiger partial charge in [-0.1, -0.05) is 71.2 Å². The van der Waals surface area contributed by atoms with Gasteiger partial charge in [0.1, 0.15) is 0 Å². The van der Waals surface area contributed by atoms with Gasteiger partial charge in [0.05, 0.1) is 28.6 Å². The molecular weight excluding hydrogens is 513 g/mol. The summed E-state index contributed by atoms with van der Waals surface area (Å²) >= 11 is 18.5. The fraction of sp³-hybridized carbons (Fsp3) is 0.154. The number of rotatable bonds is 2. The van der Waals surface area contributed by atoms with Crippen molar-refractivity contribution in [3.63, 3.8) is 0 Å². The number of carbonyl (C=O) groups is 4. The maximum atomic E-state index is 13.9. The molecule has 0 bridgehead atoms. The summed E-state index contributed by atoms with van der Waals surface area (Å²) in [5, 5.41) is 0.851. The van der Waals surface area contributed by atoms with Gasteiger partial charge < -0.3 is 4.74 Å². The fourth-order valence-electron chi connectivity index (χ4n) is 5.37. The molecule has 2 amide bonds. The van der Waals surface area contributed by atoms with Crippen LogP contribution in [0.15, 0.2) is 66.7 Å². The second kappa shape index (κ2) is 7.73. The lowest BCUT2D eigenvalue weighted by atomic mass is 9.77. The van der Waals surface area contributed by atoms with Crippen LogP contribution in [-0.4, -0.2) is 29.0 Å². The molecule has 0 radical (unpaired) electrons. The van der Waals surface area contributed by atoms with E-state index in [0.29, 0.717) is 10.6 Å². The number of carbonyl (C=O) groups excluding carboxylic acids is 4. The molecule has 6 nitrogen and oxygen atoms in total. The van der Waals surface area contributed by atoms with Crippen LogP contribution in [0.3, 0.4) is 0 Å². The molecular formula is C26H14Cl3NO5. The Bertz CT molecular complexity index is 1430. The minimum atomic E-state index is -2.16. The Balaban J connectivity index is 1.56. The lowest BCUT2D eigenvalue weighted by Gasteiger charge is -2.27. The average Bonchev–Trinajstić information content (AvgIpc) is 3.41. The third-order valence-corrected chi connectivity index (χ3v) is 7.67. The third kappa shape index (κ3) is 2.94. The van der Waals surface area contributed by atoms with Crippen molar-refractivity contribution in [2.24, 2.45) is 11.8 Å². The van der Waals surface area contributed by atoms with Gasteiger partial charge in [-0.15, -0.1) is 0 Å². The summed E-state index contributed by atoms with van der Waals surface area (Å²) in [6, 6.07) is 17.2. The maximum Gasteiger partial charge on any atom is 0.241 e. The molecule has 1 spiro atoms. The molecule has 1 aliphatic carbocycles. The first kappa shape index (κ1) is 22.4. The first-order valence-electron chi connectivity index (χ1n) is 10.7. The lowest BCUT2D eigenvalue weighted by Crippen LogP contribution is -2.51. The van der Waals surface area contributed by atoms with Gasteiger partial charge in [-0.05, 0) is 35.9 Å². The van der Waals surface area contributed by atoms with Gasteiger partial charge in [0.2, 0.25) is 29.0 Å². The molecule has 2 aliphatic heterocycles. The van der Waals surface area contributed by atoms with Gasteiger partial charge >= 0.3 is 0 Å². The molecule has 2 saturated heterocycles. The highest BCUT2D eigenvalue weighted by molar-refractivity contribution is 6.40. The zero-order chi connectivity index (χ0) is 24.6. The number of nitrogens with zero attached hydrogens (tertiary/aromatic N) is 1. The predicted octanol–water partition coefficient (Wildman–Crippen LogP) is 5.34. The van der Waals surface area contributed by atoms with Crippen LogP contribution in [-0.2, 0) is 14.3 Å². The van der Waals surface area contributed by atoms with Crippen LogP contribution in [0.1, 0.15) is 32.4 Å². The monoisotopic (exact) mass is 525 g/mol. The maximum absolute atomic E-state index is 13.9. The molecule has 2 fully saturated rings. The number of Topliss-reactive ketones (excluding diaryl/α,β-unsaturated/α-hetero) is 2. The number of ether oxygens (including phenoxy) is 1. The quantitative estimate of drug-likeness (QED) is 0.333. The van der Waals surface area contributed by atoms with Crippen molar-refractivity contribution in [3.05, 3.63) is 98.5 Å². The minimum Gasteiger partial charge on any atom is -0.349 e. The first-order chi connectivity index (χ1) is 16.8. The zero-order valence-corrected chi connectivity index (χ0v) is 20.0. The van der Waals surface area contributed by atoms with Crippen molar-refractivity contribution < 1.29 is 23.9 Å². The molecule has 6 rings (SSSR count). The highest BCUT2D eigenvalue weighted by Gasteiger charge is 2.74. The molecule has 3 aromatic rings. The number of hydrogen-bond donors (Lipinski definition) is 0. The molecule has 2 heterocycles. The van der Waals surface area contributed by atoms with Crippen molar-refractivity contribution in [3.8, 4) is 0 Å². The van der Waals surface area contributed by atoms with Crippen molar-refractivity contribution in [2.45, 2.75) is 11.7 Å². The van der Waals surface area contributed by atoms with Crippen LogP contribution in [0.4, 0.5) is 5.69 Å². The van der Waals surface area contributed by atoms with Gasteiger partial charge in [0, 0.05) is 21.2 Å². The van der Waals surface area contributed by atoms with E-state index in [4.69, 9.17) is 39.5 Å². The summed E-state index contributed by atoms with van der Waals surface area (Å²) in [6.07, 6.45) is -1.04. The van der Waals surface area contributed by atoms with Crippen molar-refractivity contribution in [1.82, 2.24) is 0 Å². The number of hydrogen-bond acceptors (Lipinski definition) is 5. The summed E-state index contributed by atoms with van der Waals surface area (Å²) < 4.78 is 6.22. The summed E-state index contributed by atoms with van der Waals surface area (Å²) in [5.41, 5.74) is -1.24. The Morgan fingerprint density at radius 3 is 1.97 bits per heavy atom. The van der Waals surface area contributed by atoms with E-state index in [1.54, 1.807) is 36.4 Å². The average molecular weight is 527 g/mol. The highest BCUT2D eigenvalue weighted by Crippen LogP contribution is 2.58. The van der Waals surface area contributed by atoms with Crippen LogP contribution < -0.4 is 4.90 Å². The Labute approximate surface area is 214 Å². The standard InChI is InChI=1S/C26H14Cl3NO5/c27-13-7-5-12(6-8-13)21-19-20(25(34)30(24(19)33)18-11-14(28)9-10-17(18)29)26(35-21)22(31)15-3-1-2-4-16(15)23(26)32/h1-11,19-21H/t19-,20-,21+/m1/s1. The van der Waals surface area contributed by atoms with E-state index in [0.717, 1.165) is 4.90 Å². The number of anilines is 1. The Morgan fingerprint density at radius 1 is 0.743 bits per heavy atom. The van der Waals surface area contributed by atoms with Gasteiger partial charge in [-0.3, -0.25) is 19.2 Å². The number of imide groups is 1. The van der Waals surface area contributed by atoms with E-state index < -0.39 is 46.9 Å². The van der Waals surface area contributed by atoms with Crippen LogP contribution in [0.2, 0.25) is 15.1 Å². The lowest BCUT2D eigenvalue weighted by molar-refractivity contribution is -0.127. The number of halogens is 3. The molecule has 3 aliphatic rings. The fourth-order valence-corrected chi connectivity index (χ4v) is 5.86. The summed E-state index contributed by atoms with van der Waals surface area (Å²) in [7, 11) is 0. The molecule has 0 N–H and O–H groups in total. The SMILES string of the molecule is O=C1[C@H]2[C@H](c3ccc(Cl)cc3)OC3(C(=O)c4ccccc4C3=O)[C@H]2C(=O)N1c1cc(Cl)ccc1Cl. The van der Waals surface area contributed by atoms with Gasteiger partial charge in [0.25, 0.3) is 0 Å². The Kier molecular flexibility index (Phi) is 4.96. The van der Waals surface area contributed by atoms with E-state index in [-0.39, 0.29) is 26.9 Å². The molecule has 0 saturated carbocycles. The van der Waals surface area contributed by atoms with Gasteiger partial charge in [-0.25, -0.2) is 4.90 Å². The van der Waals surface area contributed by atoms with Gasteiger partial charge in [0.15, 0.2) is 0 Å². The normalized spacial score (nSPS) is 24.4. The summed E-state index contributed by atoms with van der Waals surface area (Å²) in [4.78, 5) is 56.1. The Hall–Kier alpha value is -3.03. The molecule has 3 aromatic carbocycles. The van der Waals surface area contributed by atoms with Crippen LogP contribution in [0.5, 0.6) is 0 Å². The summed E-state index contributed by atoms with van der Waals surface area (Å²) in [6.45, 7) is 0. The zero-order valence-electron chi connectivity index (χ0n) is 17.7. The van der Waals surface area contributed by atoms with Crippen molar-refractivity contribution in [2.75, 3.05) is 4.90 Å². The molecule has 9 heteroatoms. The molecule has 174 valence electrons. The molecule has 0 unspecified atom stereocenters. The van der Waals surface area contributed by atoms with Crippen LogP contribution >= 0.6 is 34.8 Å².